The van der Waals surface area contributed by atoms with E-state index in [0.29, 0.717) is 18.1 Å². The highest BCUT2D eigenvalue weighted by Crippen LogP contribution is 2.33. The molecule has 3 nitrogen and oxygen atoms in total. The molecule has 0 amide bonds. The Bertz CT molecular complexity index is 251. The molecule has 0 aromatic heterocycles. The fraction of sp³-hybridized carbons (Fsp3) is 1.00. The Morgan fingerprint density at radius 2 is 1.78 bits per heavy atom. The lowest BCUT2D eigenvalue weighted by Gasteiger charge is -2.44. The van der Waals surface area contributed by atoms with Crippen molar-refractivity contribution in [1.29, 1.82) is 0 Å². The minimum Gasteiger partial charge on any atom is -0.381 e. The molecule has 0 bridgehead atoms. The summed E-state index contributed by atoms with van der Waals surface area (Å²) in [5.74, 6) is 1.65. The summed E-state index contributed by atoms with van der Waals surface area (Å²) < 4.78 is 5.47. The molecule has 3 heteroatoms. The molecule has 2 rings (SSSR count). The predicted molar refractivity (Wildman–Crippen MR) is 75.5 cm³/mol. The van der Waals surface area contributed by atoms with Gasteiger partial charge in [-0.1, -0.05) is 13.8 Å². The van der Waals surface area contributed by atoms with Crippen LogP contribution in [0.1, 0.15) is 46.0 Å². The van der Waals surface area contributed by atoms with E-state index in [9.17, 15) is 0 Å². The van der Waals surface area contributed by atoms with Crippen LogP contribution in [-0.4, -0.2) is 43.3 Å². The Kier molecular flexibility index (Phi) is 5.05. The Labute approximate surface area is 112 Å². The average Bonchev–Trinajstić information content (AvgIpc) is 2.39. The lowest BCUT2D eigenvalue weighted by molar-refractivity contribution is 0.00930. The summed E-state index contributed by atoms with van der Waals surface area (Å²) >= 11 is 0. The van der Waals surface area contributed by atoms with Crippen molar-refractivity contribution in [3.05, 3.63) is 0 Å². The van der Waals surface area contributed by atoms with Crippen LogP contribution in [0.15, 0.2) is 0 Å². The first-order valence-corrected chi connectivity index (χ1v) is 7.65. The summed E-state index contributed by atoms with van der Waals surface area (Å²) in [6.45, 7) is 6.55. The second kappa shape index (κ2) is 6.36. The normalized spacial score (nSPS) is 35.3. The number of nitrogens with zero attached hydrogens (tertiary/aromatic N) is 1. The van der Waals surface area contributed by atoms with Crippen LogP contribution in [0.3, 0.4) is 0 Å². The maximum absolute atomic E-state index is 6.38. The van der Waals surface area contributed by atoms with Crippen LogP contribution in [0.5, 0.6) is 0 Å². The van der Waals surface area contributed by atoms with Gasteiger partial charge in [0.15, 0.2) is 0 Å². The fourth-order valence-electron chi connectivity index (χ4n) is 3.64. The van der Waals surface area contributed by atoms with Gasteiger partial charge in [-0.2, -0.15) is 0 Å². The third-order valence-electron chi connectivity index (χ3n) is 5.14. The third kappa shape index (κ3) is 3.25. The monoisotopic (exact) mass is 254 g/mol. The molecule has 2 fully saturated rings. The highest BCUT2D eigenvalue weighted by atomic mass is 16.5. The van der Waals surface area contributed by atoms with Crippen molar-refractivity contribution in [3.8, 4) is 0 Å². The molecule has 3 atom stereocenters. The molecule has 1 saturated carbocycles. The van der Waals surface area contributed by atoms with Crippen LogP contribution in [-0.2, 0) is 4.74 Å². The number of hydrogen-bond donors (Lipinski definition) is 1. The molecule has 0 aromatic carbocycles. The standard InChI is InChI=1S/C15H30N2O/c1-11(2)12-4-5-14(16)15(10-12)17(3)13-6-8-18-9-7-13/h11-15H,4-10,16H2,1-3H3. The van der Waals surface area contributed by atoms with E-state index < -0.39 is 0 Å². The van der Waals surface area contributed by atoms with E-state index in [4.69, 9.17) is 10.5 Å². The molecule has 1 aliphatic carbocycles. The van der Waals surface area contributed by atoms with E-state index in [1.165, 1.54) is 32.1 Å². The van der Waals surface area contributed by atoms with Gasteiger partial charge in [0.25, 0.3) is 0 Å². The summed E-state index contributed by atoms with van der Waals surface area (Å²) in [4.78, 5) is 2.57. The molecule has 3 unspecified atom stereocenters. The van der Waals surface area contributed by atoms with Gasteiger partial charge in [0.05, 0.1) is 0 Å². The molecule has 18 heavy (non-hydrogen) atoms. The molecule has 106 valence electrons. The number of rotatable bonds is 3. The highest BCUT2D eigenvalue weighted by molar-refractivity contribution is 4.91. The van der Waals surface area contributed by atoms with Crippen LogP contribution >= 0.6 is 0 Å². The van der Waals surface area contributed by atoms with E-state index in [0.717, 1.165) is 25.0 Å². The molecular formula is C15H30N2O. The Hall–Kier alpha value is -0.120. The minimum absolute atomic E-state index is 0.368. The second-order valence-corrected chi connectivity index (χ2v) is 6.56. The van der Waals surface area contributed by atoms with Gasteiger partial charge >= 0.3 is 0 Å². The van der Waals surface area contributed by atoms with Gasteiger partial charge in [-0.25, -0.2) is 0 Å². The topological polar surface area (TPSA) is 38.5 Å². The van der Waals surface area contributed by atoms with Gasteiger partial charge < -0.3 is 10.5 Å². The molecular weight excluding hydrogens is 224 g/mol. The van der Waals surface area contributed by atoms with Crippen molar-refractivity contribution in [3.63, 3.8) is 0 Å². The third-order valence-corrected chi connectivity index (χ3v) is 5.14. The maximum atomic E-state index is 6.38. The first-order chi connectivity index (χ1) is 8.59. The molecule has 1 aliphatic heterocycles. The van der Waals surface area contributed by atoms with Crippen molar-refractivity contribution >= 4 is 0 Å². The summed E-state index contributed by atoms with van der Waals surface area (Å²) in [5.41, 5.74) is 6.38. The SMILES string of the molecule is CC(C)C1CCC(N)C(N(C)C2CCOCC2)C1. The van der Waals surface area contributed by atoms with Crippen LogP contribution in [0.2, 0.25) is 0 Å². The van der Waals surface area contributed by atoms with E-state index in [1.807, 2.05) is 0 Å². The second-order valence-electron chi connectivity index (χ2n) is 6.56. The number of hydrogen-bond acceptors (Lipinski definition) is 3. The van der Waals surface area contributed by atoms with E-state index >= 15 is 0 Å². The minimum atomic E-state index is 0.368. The zero-order valence-corrected chi connectivity index (χ0v) is 12.3. The summed E-state index contributed by atoms with van der Waals surface area (Å²) in [6.07, 6.45) is 6.14. The molecule has 0 aromatic rings. The summed E-state index contributed by atoms with van der Waals surface area (Å²) in [7, 11) is 2.28. The lowest BCUT2D eigenvalue weighted by Crippen LogP contribution is -2.54. The Morgan fingerprint density at radius 1 is 1.11 bits per heavy atom. The van der Waals surface area contributed by atoms with Crippen molar-refractivity contribution in [2.45, 2.75) is 64.1 Å². The van der Waals surface area contributed by atoms with Gasteiger partial charge in [0.2, 0.25) is 0 Å². The van der Waals surface area contributed by atoms with Crippen molar-refractivity contribution < 1.29 is 4.74 Å². The molecule has 0 radical (unpaired) electrons. The maximum Gasteiger partial charge on any atom is 0.0480 e. The lowest BCUT2D eigenvalue weighted by atomic mass is 9.76. The van der Waals surface area contributed by atoms with Gasteiger partial charge in [-0.3, -0.25) is 4.90 Å². The molecule has 2 aliphatic rings. The average molecular weight is 254 g/mol. The quantitative estimate of drug-likeness (QED) is 0.839. The Balaban J connectivity index is 1.95. The molecule has 1 saturated heterocycles. The number of nitrogens with two attached hydrogens (primary N) is 1. The highest BCUT2D eigenvalue weighted by Gasteiger charge is 2.34. The first-order valence-electron chi connectivity index (χ1n) is 7.65. The Morgan fingerprint density at radius 3 is 2.39 bits per heavy atom. The number of likely N-dealkylation sites (N-methyl/N-ethyl adjacent to an activating group) is 1. The summed E-state index contributed by atoms with van der Waals surface area (Å²) in [6, 6.07) is 1.63. The van der Waals surface area contributed by atoms with Crippen LogP contribution in [0.25, 0.3) is 0 Å². The van der Waals surface area contributed by atoms with E-state index in [1.54, 1.807) is 0 Å². The molecule has 2 N–H and O–H groups in total. The number of ether oxygens (including phenoxy) is 1. The van der Waals surface area contributed by atoms with Crippen molar-refractivity contribution in [2.24, 2.45) is 17.6 Å². The fourth-order valence-corrected chi connectivity index (χ4v) is 3.64. The predicted octanol–water partition coefficient (Wildman–Crippen LogP) is 2.25. The zero-order valence-electron chi connectivity index (χ0n) is 12.3. The van der Waals surface area contributed by atoms with Crippen LogP contribution in [0, 0.1) is 11.8 Å². The smallest absolute Gasteiger partial charge is 0.0480 e. The largest absolute Gasteiger partial charge is 0.381 e. The molecule has 0 spiro atoms. The first kappa shape index (κ1) is 14.3. The van der Waals surface area contributed by atoms with Gasteiger partial charge in [0, 0.05) is 31.3 Å². The van der Waals surface area contributed by atoms with Gasteiger partial charge in [-0.15, -0.1) is 0 Å². The summed E-state index contributed by atoms with van der Waals surface area (Å²) in [5, 5.41) is 0. The van der Waals surface area contributed by atoms with E-state index in [2.05, 4.69) is 25.8 Å². The van der Waals surface area contributed by atoms with Crippen molar-refractivity contribution in [2.75, 3.05) is 20.3 Å². The zero-order chi connectivity index (χ0) is 13.1. The molecule has 1 heterocycles. The van der Waals surface area contributed by atoms with Gasteiger partial charge in [-0.05, 0) is 51.0 Å². The van der Waals surface area contributed by atoms with Crippen molar-refractivity contribution in [1.82, 2.24) is 4.90 Å². The van der Waals surface area contributed by atoms with E-state index in [-0.39, 0.29) is 0 Å². The van der Waals surface area contributed by atoms with Crippen LogP contribution < -0.4 is 5.73 Å². The van der Waals surface area contributed by atoms with Gasteiger partial charge in [0.1, 0.15) is 0 Å². The van der Waals surface area contributed by atoms with Crippen LogP contribution in [0.4, 0.5) is 0 Å².